The lowest BCUT2D eigenvalue weighted by molar-refractivity contribution is -0.312. The van der Waals surface area contributed by atoms with Gasteiger partial charge in [0.15, 0.2) is 0 Å². The molecule has 0 aliphatic carbocycles. The molecule has 35 heavy (non-hydrogen) atoms. The zero-order chi connectivity index (χ0) is 25.3. The molecule has 0 spiro atoms. The average molecular weight is 476 g/mol. The number of aliphatic carboxylic acids is 1. The number of carboxylic acid groups (broad SMARTS) is 1. The van der Waals surface area contributed by atoms with E-state index in [1.807, 2.05) is 72.8 Å². The lowest BCUT2D eigenvalue weighted by atomic mass is 10.0. The van der Waals surface area contributed by atoms with Crippen LogP contribution in [0.2, 0.25) is 0 Å². The maximum atomic E-state index is 12.5. The second kappa shape index (κ2) is 12.0. The summed E-state index contributed by atoms with van der Waals surface area (Å²) in [5.41, 5.74) is 4.52. The van der Waals surface area contributed by atoms with Crippen LogP contribution in [0.4, 0.5) is 4.79 Å². The van der Waals surface area contributed by atoms with E-state index in [1.165, 1.54) is 5.01 Å². The number of hydrogen-bond donors (Lipinski definition) is 1. The van der Waals surface area contributed by atoms with Crippen molar-refractivity contribution in [1.82, 2.24) is 10.4 Å². The van der Waals surface area contributed by atoms with E-state index in [9.17, 15) is 14.7 Å². The predicted molar refractivity (Wildman–Crippen MR) is 131 cm³/mol. The number of nitrogens with one attached hydrogen (secondary N) is 1. The van der Waals surface area contributed by atoms with E-state index in [2.05, 4.69) is 5.43 Å². The summed E-state index contributed by atoms with van der Waals surface area (Å²) in [7, 11) is 0. The molecule has 3 aromatic carbocycles. The first-order chi connectivity index (χ1) is 16.7. The Labute approximate surface area is 206 Å². The Morgan fingerprint density at radius 3 is 1.97 bits per heavy atom. The van der Waals surface area contributed by atoms with Gasteiger partial charge in [-0.15, -0.1) is 0 Å². The molecule has 0 bridgehead atoms. The van der Waals surface area contributed by atoms with Crippen LogP contribution in [0.25, 0.3) is 0 Å². The van der Waals surface area contributed by atoms with Gasteiger partial charge in [-0.05, 0) is 56.0 Å². The third kappa shape index (κ3) is 8.79. The summed E-state index contributed by atoms with van der Waals surface area (Å²) in [5.74, 6) is -0.628. The maximum absolute atomic E-state index is 12.5. The van der Waals surface area contributed by atoms with Crippen LogP contribution in [0.15, 0.2) is 84.9 Å². The first-order valence-electron chi connectivity index (χ1n) is 11.5. The molecule has 0 saturated carbocycles. The average Bonchev–Trinajstić information content (AvgIpc) is 2.81. The van der Waals surface area contributed by atoms with Gasteiger partial charge in [0.1, 0.15) is 18.0 Å². The summed E-state index contributed by atoms with van der Waals surface area (Å²) < 4.78 is 11.2. The van der Waals surface area contributed by atoms with E-state index >= 15 is 0 Å². The molecule has 7 nitrogen and oxygen atoms in total. The minimum absolute atomic E-state index is 0.115. The second-order valence-electron chi connectivity index (χ2n) is 9.18. The topological polar surface area (TPSA) is 90.9 Å². The van der Waals surface area contributed by atoms with E-state index < -0.39 is 23.7 Å². The molecule has 0 unspecified atom stereocenters. The van der Waals surface area contributed by atoms with Crippen LogP contribution < -0.4 is 15.3 Å². The van der Waals surface area contributed by atoms with Crippen LogP contribution >= 0.6 is 0 Å². The second-order valence-corrected chi connectivity index (χ2v) is 9.18. The third-order valence-corrected chi connectivity index (χ3v) is 5.08. The largest absolute Gasteiger partial charge is 0.548 e. The van der Waals surface area contributed by atoms with E-state index in [0.29, 0.717) is 12.4 Å². The number of ether oxygens (including phenoxy) is 2. The molecule has 1 amide bonds. The molecule has 0 heterocycles. The van der Waals surface area contributed by atoms with Crippen molar-refractivity contribution < 1.29 is 24.2 Å². The van der Waals surface area contributed by atoms with Crippen molar-refractivity contribution in [2.24, 2.45) is 0 Å². The van der Waals surface area contributed by atoms with Gasteiger partial charge in [-0.25, -0.2) is 9.80 Å². The molecule has 0 saturated heterocycles. The van der Waals surface area contributed by atoms with E-state index in [1.54, 1.807) is 32.9 Å². The van der Waals surface area contributed by atoms with Crippen molar-refractivity contribution in [3.63, 3.8) is 0 Å². The highest BCUT2D eigenvalue weighted by molar-refractivity contribution is 5.73. The fourth-order valence-corrected chi connectivity index (χ4v) is 3.43. The zero-order valence-corrected chi connectivity index (χ0v) is 20.3. The summed E-state index contributed by atoms with van der Waals surface area (Å²) in [6.07, 6.45) is -0.617. The summed E-state index contributed by atoms with van der Waals surface area (Å²) >= 11 is 0. The minimum atomic E-state index is -1.30. The van der Waals surface area contributed by atoms with Crippen molar-refractivity contribution in [2.45, 2.75) is 52.0 Å². The number of carboxylic acids is 1. The minimum Gasteiger partial charge on any atom is -0.548 e. The Balaban J connectivity index is 1.72. The first-order valence-corrected chi connectivity index (χ1v) is 11.5. The molecule has 184 valence electrons. The molecule has 0 radical (unpaired) electrons. The van der Waals surface area contributed by atoms with Crippen LogP contribution in [0.1, 0.15) is 37.5 Å². The molecule has 0 aromatic heterocycles. The highest BCUT2D eigenvalue weighted by Crippen LogP contribution is 2.18. The van der Waals surface area contributed by atoms with Crippen LogP contribution in [-0.2, 0) is 29.1 Å². The molecule has 7 heteroatoms. The van der Waals surface area contributed by atoms with E-state index in [-0.39, 0.29) is 13.0 Å². The standard InChI is InChI=1S/C28H32N2O5/c1-28(2,3)35-27(33)29-30(19-22-10-6-4-7-11-22)25(26(31)32)18-21-14-16-24(17-15-21)34-20-23-12-8-5-9-13-23/h4-17,25H,18-20H2,1-3H3,(H,29,33)(H,31,32)/p-1/t25-/m1/s1. The lowest BCUT2D eigenvalue weighted by Gasteiger charge is -2.33. The van der Waals surface area contributed by atoms with Crippen molar-refractivity contribution >= 4 is 12.1 Å². The number of benzene rings is 3. The number of rotatable bonds is 10. The fraction of sp³-hybridized carbons (Fsp3) is 0.286. The van der Waals surface area contributed by atoms with Gasteiger partial charge in [-0.2, -0.15) is 0 Å². The van der Waals surface area contributed by atoms with E-state index in [4.69, 9.17) is 9.47 Å². The molecular weight excluding hydrogens is 444 g/mol. The van der Waals surface area contributed by atoms with Gasteiger partial charge in [-0.3, -0.25) is 5.43 Å². The number of hydrogen-bond acceptors (Lipinski definition) is 6. The summed E-state index contributed by atoms with van der Waals surface area (Å²) in [6, 6.07) is 25.2. The van der Waals surface area contributed by atoms with Gasteiger partial charge in [-0.1, -0.05) is 72.8 Å². The summed E-state index contributed by atoms with van der Waals surface area (Å²) in [5, 5.41) is 13.5. The van der Waals surface area contributed by atoms with Gasteiger partial charge < -0.3 is 19.4 Å². The van der Waals surface area contributed by atoms with Gasteiger partial charge in [0.05, 0.1) is 12.0 Å². The molecule has 3 aromatic rings. The molecule has 1 atom stereocenters. The van der Waals surface area contributed by atoms with Crippen molar-refractivity contribution in [3.8, 4) is 5.75 Å². The number of carbonyl (C=O) groups is 2. The van der Waals surface area contributed by atoms with Crippen molar-refractivity contribution in [2.75, 3.05) is 0 Å². The van der Waals surface area contributed by atoms with Gasteiger partial charge in [0.2, 0.25) is 0 Å². The molecular formula is C28H31N2O5-. The highest BCUT2D eigenvalue weighted by atomic mass is 16.6. The van der Waals surface area contributed by atoms with Gasteiger partial charge in [0.25, 0.3) is 0 Å². The number of nitrogens with zero attached hydrogens (tertiary/aromatic N) is 1. The summed E-state index contributed by atoms with van der Waals surface area (Å²) in [4.78, 5) is 24.6. The Hall–Kier alpha value is -3.84. The molecule has 3 rings (SSSR count). The monoisotopic (exact) mass is 475 g/mol. The normalized spacial score (nSPS) is 12.1. The lowest BCUT2D eigenvalue weighted by Crippen LogP contribution is -2.56. The molecule has 0 aliphatic heterocycles. The van der Waals surface area contributed by atoms with Gasteiger partial charge >= 0.3 is 6.09 Å². The van der Waals surface area contributed by atoms with Gasteiger partial charge in [0, 0.05) is 6.54 Å². The molecule has 0 aliphatic rings. The third-order valence-electron chi connectivity index (χ3n) is 5.08. The van der Waals surface area contributed by atoms with Crippen molar-refractivity contribution in [1.29, 1.82) is 0 Å². The molecule has 0 fully saturated rings. The fourth-order valence-electron chi connectivity index (χ4n) is 3.43. The Kier molecular flexibility index (Phi) is 8.86. The van der Waals surface area contributed by atoms with Crippen LogP contribution in [-0.4, -0.2) is 28.7 Å². The Bertz CT molecular complexity index is 1080. The van der Waals surface area contributed by atoms with Crippen LogP contribution in [0.3, 0.4) is 0 Å². The van der Waals surface area contributed by atoms with Crippen LogP contribution in [0, 0.1) is 0 Å². The number of carbonyl (C=O) groups excluding carboxylic acids is 2. The Morgan fingerprint density at radius 1 is 0.857 bits per heavy atom. The summed E-state index contributed by atoms with van der Waals surface area (Å²) in [6.45, 7) is 5.83. The quantitative estimate of drug-likeness (QED) is 0.448. The predicted octanol–water partition coefficient (Wildman–Crippen LogP) is 3.87. The van der Waals surface area contributed by atoms with Crippen molar-refractivity contribution in [3.05, 3.63) is 102 Å². The smallest absolute Gasteiger partial charge is 0.422 e. The zero-order valence-electron chi connectivity index (χ0n) is 20.3. The highest BCUT2D eigenvalue weighted by Gasteiger charge is 2.25. The van der Waals surface area contributed by atoms with Crippen LogP contribution in [0.5, 0.6) is 5.75 Å². The maximum Gasteiger partial charge on any atom is 0.422 e. The number of hydrazine groups is 1. The molecule has 1 N–H and O–H groups in total. The van der Waals surface area contributed by atoms with E-state index in [0.717, 1.165) is 16.7 Å². The Morgan fingerprint density at radius 2 is 1.43 bits per heavy atom. The number of amides is 1. The SMILES string of the molecule is CC(C)(C)OC(=O)NN(Cc1ccccc1)[C@H](Cc1ccc(OCc2ccccc2)cc1)C(=O)[O-]. The first kappa shape index (κ1) is 25.8.